The molecule has 4 nitrogen and oxygen atoms in total. The van der Waals surface area contributed by atoms with Crippen LogP contribution in [0.25, 0.3) is 0 Å². The fraction of sp³-hybridized carbons (Fsp3) is 0.583. The summed E-state index contributed by atoms with van der Waals surface area (Å²) in [6, 6.07) is 3.76. The molecule has 1 aromatic heterocycles. The number of rotatable bonds is 4. The van der Waals surface area contributed by atoms with Gasteiger partial charge in [0.25, 0.3) is 0 Å². The van der Waals surface area contributed by atoms with Crippen molar-refractivity contribution < 1.29 is 9.53 Å². The third kappa shape index (κ3) is 3.03. The molecule has 100 valence electrons. The highest BCUT2D eigenvalue weighted by Crippen LogP contribution is 2.28. The lowest BCUT2D eigenvalue weighted by atomic mass is 10.1. The van der Waals surface area contributed by atoms with Gasteiger partial charge in [-0.3, -0.25) is 4.79 Å². The summed E-state index contributed by atoms with van der Waals surface area (Å²) in [5, 5.41) is 6.23. The van der Waals surface area contributed by atoms with Crippen LogP contribution in [0.1, 0.15) is 17.7 Å². The van der Waals surface area contributed by atoms with Crippen molar-refractivity contribution in [1.29, 1.82) is 0 Å². The maximum Gasteiger partial charge on any atom is 0.228 e. The Morgan fingerprint density at radius 1 is 1.61 bits per heavy atom. The second-order valence-corrected chi connectivity index (χ2v) is 6.16. The van der Waals surface area contributed by atoms with Crippen LogP contribution in [0.5, 0.6) is 0 Å². The van der Waals surface area contributed by atoms with Crippen LogP contribution in [0, 0.1) is 0 Å². The van der Waals surface area contributed by atoms with Crippen LogP contribution in [0.4, 0.5) is 0 Å². The summed E-state index contributed by atoms with van der Waals surface area (Å²) >= 11 is 7.33. The molecule has 0 radical (unpaired) electrons. The van der Waals surface area contributed by atoms with Gasteiger partial charge in [0.2, 0.25) is 5.91 Å². The topological polar surface area (TPSA) is 50.4 Å². The number of carbonyl (C=O) groups excluding carboxylic acids is 1. The van der Waals surface area contributed by atoms with Crippen LogP contribution in [-0.4, -0.2) is 38.3 Å². The van der Waals surface area contributed by atoms with E-state index in [-0.39, 0.29) is 24.0 Å². The zero-order chi connectivity index (χ0) is 13.1. The van der Waals surface area contributed by atoms with Gasteiger partial charge in [-0.25, -0.2) is 0 Å². The lowest BCUT2D eigenvalue weighted by Crippen LogP contribution is -2.44. The molecule has 18 heavy (non-hydrogen) atoms. The molecular weight excluding hydrogens is 272 g/mol. The number of hydrogen-bond acceptors (Lipinski definition) is 4. The number of carbonyl (C=O) groups is 1. The highest BCUT2D eigenvalue weighted by atomic mass is 35.5. The van der Waals surface area contributed by atoms with Crippen LogP contribution in [0.15, 0.2) is 12.1 Å². The van der Waals surface area contributed by atoms with E-state index in [0.717, 1.165) is 18.0 Å². The van der Waals surface area contributed by atoms with Crippen molar-refractivity contribution in [2.24, 2.45) is 0 Å². The Morgan fingerprint density at radius 2 is 2.39 bits per heavy atom. The zero-order valence-electron chi connectivity index (χ0n) is 10.4. The molecule has 0 aliphatic carbocycles. The van der Waals surface area contributed by atoms with Crippen molar-refractivity contribution in [3.05, 3.63) is 21.3 Å². The van der Waals surface area contributed by atoms with E-state index >= 15 is 0 Å². The molecule has 2 N–H and O–H groups in total. The van der Waals surface area contributed by atoms with Crippen molar-refractivity contribution >= 4 is 28.8 Å². The van der Waals surface area contributed by atoms with Crippen molar-refractivity contribution in [3.8, 4) is 0 Å². The summed E-state index contributed by atoms with van der Waals surface area (Å²) in [6.45, 7) is 3.42. The Balaban J connectivity index is 1.95. The van der Waals surface area contributed by atoms with Gasteiger partial charge in [0.05, 0.1) is 22.4 Å². The quantitative estimate of drug-likeness (QED) is 0.885. The molecule has 1 amide bonds. The Hall–Kier alpha value is -0.620. The molecule has 1 saturated heterocycles. The lowest BCUT2D eigenvalue weighted by molar-refractivity contribution is -0.123. The Bertz CT molecular complexity index is 424. The average molecular weight is 289 g/mol. The van der Waals surface area contributed by atoms with Gasteiger partial charge in [-0.15, -0.1) is 11.3 Å². The minimum absolute atomic E-state index is 0.0178. The maximum atomic E-state index is 12.1. The number of hydrogen-bond donors (Lipinski definition) is 2. The van der Waals surface area contributed by atoms with Crippen molar-refractivity contribution in [1.82, 2.24) is 10.6 Å². The standard InChI is InChI=1S/C12H17ClN2O2S/c1-7(10-3-4-11(13)18-10)12(16)15-8-5-14-6-9(8)17-2/h3-4,7-9,14H,5-6H2,1-2H3,(H,15,16)/t7-,8-,9-/m0/s1. The first-order chi connectivity index (χ1) is 8.61. The smallest absolute Gasteiger partial charge is 0.228 e. The van der Waals surface area contributed by atoms with Crippen molar-refractivity contribution in [3.63, 3.8) is 0 Å². The van der Waals surface area contributed by atoms with E-state index in [0.29, 0.717) is 4.34 Å². The Labute approximate surface area is 116 Å². The molecule has 2 rings (SSSR count). The summed E-state index contributed by atoms with van der Waals surface area (Å²) in [5.74, 6) is -0.162. The molecular formula is C12H17ClN2O2S. The summed E-state index contributed by atoms with van der Waals surface area (Å²) in [7, 11) is 1.67. The van der Waals surface area contributed by atoms with E-state index in [1.165, 1.54) is 11.3 Å². The molecule has 0 unspecified atom stereocenters. The van der Waals surface area contributed by atoms with E-state index in [9.17, 15) is 4.79 Å². The summed E-state index contributed by atoms with van der Waals surface area (Å²) < 4.78 is 6.03. The molecule has 1 aliphatic heterocycles. The van der Waals surface area contributed by atoms with Crippen LogP contribution in [-0.2, 0) is 9.53 Å². The van der Waals surface area contributed by atoms with Gasteiger partial charge < -0.3 is 15.4 Å². The molecule has 1 aromatic rings. The number of methoxy groups -OCH3 is 1. The molecule has 3 atom stereocenters. The van der Waals surface area contributed by atoms with Crippen molar-refractivity contribution in [2.45, 2.75) is 25.0 Å². The molecule has 2 heterocycles. The molecule has 0 saturated carbocycles. The molecule has 1 aliphatic rings. The fourth-order valence-electron chi connectivity index (χ4n) is 2.04. The van der Waals surface area contributed by atoms with E-state index in [4.69, 9.17) is 16.3 Å². The van der Waals surface area contributed by atoms with E-state index < -0.39 is 0 Å². The first-order valence-corrected chi connectivity index (χ1v) is 7.10. The number of nitrogens with one attached hydrogen (secondary N) is 2. The van der Waals surface area contributed by atoms with Crippen LogP contribution >= 0.6 is 22.9 Å². The van der Waals surface area contributed by atoms with Crippen molar-refractivity contribution in [2.75, 3.05) is 20.2 Å². The summed E-state index contributed by atoms with van der Waals surface area (Å²) in [4.78, 5) is 13.1. The molecule has 6 heteroatoms. The largest absolute Gasteiger partial charge is 0.378 e. The Kier molecular flexibility index (Phi) is 4.61. The fourth-order valence-corrected chi connectivity index (χ4v) is 3.16. The monoisotopic (exact) mass is 288 g/mol. The van der Waals surface area contributed by atoms with E-state index in [1.807, 2.05) is 19.1 Å². The molecule has 1 fully saturated rings. The number of thiophene rings is 1. The third-order valence-corrected chi connectivity index (χ3v) is 4.62. The van der Waals surface area contributed by atoms with Gasteiger partial charge in [-0.1, -0.05) is 11.6 Å². The summed E-state index contributed by atoms with van der Waals surface area (Å²) in [5.41, 5.74) is 0. The van der Waals surface area contributed by atoms with Crippen LogP contribution in [0.2, 0.25) is 4.34 Å². The number of amides is 1. The van der Waals surface area contributed by atoms with Gasteiger partial charge in [0.15, 0.2) is 0 Å². The highest BCUT2D eigenvalue weighted by molar-refractivity contribution is 7.16. The first kappa shape index (κ1) is 13.8. The van der Waals surface area contributed by atoms with Gasteiger partial charge >= 0.3 is 0 Å². The highest BCUT2D eigenvalue weighted by Gasteiger charge is 2.29. The van der Waals surface area contributed by atoms with Gasteiger partial charge in [0, 0.05) is 25.1 Å². The minimum atomic E-state index is -0.180. The second-order valence-electron chi connectivity index (χ2n) is 4.41. The SMILES string of the molecule is CO[C@H]1CNC[C@@H]1NC(=O)[C@@H](C)c1ccc(Cl)s1. The normalized spacial score (nSPS) is 25.1. The van der Waals surface area contributed by atoms with Gasteiger partial charge in [-0.2, -0.15) is 0 Å². The first-order valence-electron chi connectivity index (χ1n) is 5.91. The maximum absolute atomic E-state index is 12.1. The molecule has 0 bridgehead atoms. The van der Waals surface area contributed by atoms with Gasteiger partial charge in [0.1, 0.15) is 0 Å². The molecule has 0 spiro atoms. The predicted octanol–water partition coefficient (Wildman–Crippen LogP) is 1.61. The van der Waals surface area contributed by atoms with Gasteiger partial charge in [-0.05, 0) is 19.1 Å². The molecule has 0 aromatic carbocycles. The second kappa shape index (κ2) is 6.02. The average Bonchev–Trinajstić information content (AvgIpc) is 2.96. The Morgan fingerprint density at radius 3 is 3.00 bits per heavy atom. The predicted molar refractivity (Wildman–Crippen MR) is 73.3 cm³/mol. The third-order valence-electron chi connectivity index (χ3n) is 3.20. The van der Waals surface area contributed by atoms with E-state index in [2.05, 4.69) is 10.6 Å². The van der Waals surface area contributed by atoms with Crippen LogP contribution in [0.3, 0.4) is 0 Å². The number of halogens is 1. The zero-order valence-corrected chi connectivity index (χ0v) is 12.0. The lowest BCUT2D eigenvalue weighted by Gasteiger charge is -2.20. The van der Waals surface area contributed by atoms with Crippen LogP contribution < -0.4 is 10.6 Å². The summed E-state index contributed by atoms with van der Waals surface area (Å²) in [6.07, 6.45) is 0.0491. The number of ether oxygens (including phenoxy) is 1. The van der Waals surface area contributed by atoms with E-state index in [1.54, 1.807) is 7.11 Å². The minimum Gasteiger partial charge on any atom is -0.378 e.